The molecule has 0 radical (unpaired) electrons. The van der Waals surface area contributed by atoms with Gasteiger partial charge in [0.05, 0.1) is 38.2 Å². The number of amides is 1. The maximum absolute atomic E-state index is 13.7. The Morgan fingerprint density at radius 1 is 1.24 bits per heavy atom. The number of hydrogen-bond donors (Lipinski definition) is 2. The molecule has 4 aliphatic rings. The Kier molecular flexibility index (Phi) is 5.44. The van der Waals surface area contributed by atoms with E-state index in [2.05, 4.69) is 11.4 Å². The molecule has 5 rings (SSSR count). The zero-order chi connectivity index (χ0) is 23.5. The lowest BCUT2D eigenvalue weighted by molar-refractivity contribution is -0.180. The third-order valence-electron chi connectivity index (χ3n) is 7.96. The van der Waals surface area contributed by atoms with Crippen molar-refractivity contribution in [3.8, 4) is 5.75 Å². The number of rotatable bonds is 6. The number of anilines is 1. The van der Waals surface area contributed by atoms with Gasteiger partial charge in [0, 0.05) is 30.7 Å². The van der Waals surface area contributed by atoms with Gasteiger partial charge in [0.2, 0.25) is 0 Å². The Labute approximate surface area is 195 Å². The van der Waals surface area contributed by atoms with Gasteiger partial charge in [-0.3, -0.25) is 4.90 Å². The number of fused-ring (bicyclic) bond motifs is 3. The Balaban J connectivity index is 1.59. The second kappa shape index (κ2) is 7.83. The molecule has 2 aliphatic carbocycles. The fourth-order valence-corrected chi connectivity index (χ4v) is 6.85. The fourth-order valence-electron chi connectivity index (χ4n) is 6.85. The second-order valence-electron chi connectivity index (χ2n) is 10.7. The van der Waals surface area contributed by atoms with Crippen LogP contribution in [0.5, 0.6) is 5.75 Å². The Bertz CT molecular complexity index is 924. The average Bonchev–Trinajstić information content (AvgIpc) is 3.01. The monoisotopic (exact) mass is 460 g/mol. The lowest BCUT2D eigenvalue weighted by atomic mass is 9.87. The van der Waals surface area contributed by atoms with Gasteiger partial charge in [-0.05, 0) is 63.9 Å². The van der Waals surface area contributed by atoms with E-state index in [-0.39, 0.29) is 29.6 Å². The molecule has 3 fully saturated rings. The van der Waals surface area contributed by atoms with Gasteiger partial charge in [-0.2, -0.15) is 0 Å². The minimum Gasteiger partial charge on any atom is -0.497 e. The smallest absolute Gasteiger partial charge is 0.415 e. The van der Waals surface area contributed by atoms with E-state index in [0.717, 1.165) is 49.2 Å². The first-order valence-corrected chi connectivity index (χ1v) is 12.0. The van der Waals surface area contributed by atoms with Gasteiger partial charge in [0.1, 0.15) is 11.4 Å². The van der Waals surface area contributed by atoms with Gasteiger partial charge >= 0.3 is 6.09 Å². The highest BCUT2D eigenvalue weighted by Gasteiger charge is 2.86. The quantitative estimate of drug-likeness (QED) is 0.631. The maximum Gasteiger partial charge on any atom is 0.415 e. The molecule has 0 aromatic heterocycles. The molecule has 8 nitrogen and oxygen atoms in total. The first kappa shape index (κ1) is 22.9. The van der Waals surface area contributed by atoms with Crippen LogP contribution in [0, 0.1) is 5.92 Å². The first-order chi connectivity index (χ1) is 15.7. The second-order valence-corrected chi connectivity index (χ2v) is 10.7. The molecule has 1 aromatic carbocycles. The zero-order valence-corrected chi connectivity index (χ0v) is 20.1. The first-order valence-electron chi connectivity index (χ1n) is 12.0. The van der Waals surface area contributed by atoms with Crippen LogP contribution in [-0.2, 0) is 19.6 Å². The van der Waals surface area contributed by atoms with E-state index < -0.39 is 11.4 Å². The third kappa shape index (κ3) is 3.29. The van der Waals surface area contributed by atoms with Crippen LogP contribution < -0.4 is 15.0 Å². The predicted molar refractivity (Wildman–Crippen MR) is 123 cm³/mol. The van der Waals surface area contributed by atoms with Crippen molar-refractivity contribution in [2.24, 2.45) is 5.92 Å². The molecule has 2 spiro atoms. The molecule has 3 atom stereocenters. The van der Waals surface area contributed by atoms with Crippen LogP contribution in [0.3, 0.4) is 0 Å². The van der Waals surface area contributed by atoms with Gasteiger partial charge in [0.25, 0.3) is 0 Å². The summed E-state index contributed by atoms with van der Waals surface area (Å²) in [6, 6.07) is 6.00. The van der Waals surface area contributed by atoms with Crippen LogP contribution >= 0.6 is 0 Å². The summed E-state index contributed by atoms with van der Waals surface area (Å²) in [6.45, 7) is 8.33. The van der Waals surface area contributed by atoms with Crippen LogP contribution in [0.25, 0.3) is 0 Å². The summed E-state index contributed by atoms with van der Waals surface area (Å²) in [5, 5.41) is 12.6. The topological polar surface area (TPSA) is 89.5 Å². The molecular weight excluding hydrogens is 424 g/mol. The van der Waals surface area contributed by atoms with Crippen LogP contribution in [0.2, 0.25) is 0 Å². The van der Waals surface area contributed by atoms with Crippen LogP contribution in [-0.4, -0.2) is 68.1 Å². The molecule has 0 bridgehead atoms. The zero-order valence-electron chi connectivity index (χ0n) is 20.1. The molecule has 33 heavy (non-hydrogen) atoms. The van der Waals surface area contributed by atoms with Crippen molar-refractivity contribution in [3.05, 3.63) is 23.8 Å². The van der Waals surface area contributed by atoms with Gasteiger partial charge in [-0.15, -0.1) is 0 Å². The van der Waals surface area contributed by atoms with E-state index in [1.54, 1.807) is 7.11 Å². The van der Waals surface area contributed by atoms with Gasteiger partial charge in [-0.1, -0.05) is 0 Å². The maximum atomic E-state index is 13.7. The standard InChI is InChI=1S/C25H36N2O6/c1-22(2,3)33-21(29)27-19-6-5-17(30-4)15-18(19)24(9-10-26-11-12-28)20-16-23(31-13-14-32-23)7-8-25(20,24)27/h5-6,15,20,26,28H,7-14,16H2,1-4H3/t20-,24-,25+/m0/s1. The highest BCUT2D eigenvalue weighted by atomic mass is 16.7. The SMILES string of the molecule is COc1ccc2c(c1)[C@@]1(CCNCCO)[C@@H]3CC4(CC[C@@]31N2C(=O)OC(C)(C)C)OCCO4. The van der Waals surface area contributed by atoms with E-state index >= 15 is 0 Å². The van der Waals surface area contributed by atoms with Crippen molar-refractivity contribution >= 4 is 11.8 Å². The number of carbonyl (C=O) groups excluding carboxylic acids is 1. The van der Waals surface area contributed by atoms with Crippen LogP contribution in [0.15, 0.2) is 18.2 Å². The highest BCUT2D eigenvalue weighted by Crippen LogP contribution is 2.80. The van der Waals surface area contributed by atoms with Gasteiger partial charge in [-0.25, -0.2) is 4.79 Å². The molecular formula is C25H36N2O6. The minimum atomic E-state index is -0.591. The summed E-state index contributed by atoms with van der Waals surface area (Å²) in [5.41, 5.74) is 0.846. The van der Waals surface area contributed by atoms with Crippen molar-refractivity contribution in [2.75, 3.05) is 44.9 Å². The van der Waals surface area contributed by atoms with Crippen LogP contribution in [0.1, 0.15) is 52.0 Å². The summed E-state index contributed by atoms with van der Waals surface area (Å²) >= 11 is 0. The normalized spacial score (nSPS) is 31.2. The minimum absolute atomic E-state index is 0.0980. The molecule has 1 amide bonds. The largest absolute Gasteiger partial charge is 0.497 e. The lowest BCUT2D eigenvalue weighted by Gasteiger charge is -2.40. The molecule has 2 aliphatic heterocycles. The number of aliphatic hydroxyl groups is 1. The Hall–Kier alpha value is -1.87. The van der Waals surface area contributed by atoms with E-state index in [1.807, 2.05) is 37.8 Å². The number of methoxy groups -OCH3 is 1. The van der Waals surface area contributed by atoms with Crippen molar-refractivity contribution < 1.29 is 28.8 Å². The third-order valence-corrected chi connectivity index (χ3v) is 7.96. The summed E-state index contributed by atoms with van der Waals surface area (Å²) in [4.78, 5) is 15.6. The fraction of sp³-hybridized carbons (Fsp3) is 0.720. The van der Waals surface area contributed by atoms with Gasteiger partial charge < -0.3 is 29.4 Å². The summed E-state index contributed by atoms with van der Waals surface area (Å²) in [7, 11) is 1.67. The summed E-state index contributed by atoms with van der Waals surface area (Å²) in [6.07, 6.45) is 2.83. The Morgan fingerprint density at radius 2 is 2.00 bits per heavy atom. The van der Waals surface area contributed by atoms with E-state index in [1.165, 1.54) is 0 Å². The van der Waals surface area contributed by atoms with Crippen molar-refractivity contribution in [2.45, 2.75) is 68.8 Å². The lowest BCUT2D eigenvalue weighted by Crippen LogP contribution is -2.50. The molecule has 2 N–H and O–H groups in total. The summed E-state index contributed by atoms with van der Waals surface area (Å²) in [5.74, 6) is 0.425. The van der Waals surface area contributed by atoms with Crippen molar-refractivity contribution in [3.63, 3.8) is 0 Å². The molecule has 2 heterocycles. The molecule has 182 valence electrons. The van der Waals surface area contributed by atoms with E-state index in [9.17, 15) is 9.90 Å². The number of nitrogens with one attached hydrogen (secondary N) is 1. The molecule has 2 saturated carbocycles. The highest BCUT2D eigenvalue weighted by molar-refractivity contribution is 5.97. The van der Waals surface area contributed by atoms with Crippen molar-refractivity contribution in [1.29, 1.82) is 0 Å². The molecule has 8 heteroatoms. The number of nitrogens with zero attached hydrogens (tertiary/aromatic N) is 1. The predicted octanol–water partition coefficient (Wildman–Crippen LogP) is 2.96. The van der Waals surface area contributed by atoms with Gasteiger partial charge in [0.15, 0.2) is 5.79 Å². The number of aliphatic hydroxyl groups excluding tert-OH is 1. The van der Waals surface area contributed by atoms with E-state index in [4.69, 9.17) is 18.9 Å². The van der Waals surface area contributed by atoms with E-state index in [0.29, 0.717) is 19.8 Å². The average molecular weight is 461 g/mol. The molecule has 1 saturated heterocycles. The van der Waals surface area contributed by atoms with Crippen LogP contribution in [0.4, 0.5) is 10.5 Å². The number of ether oxygens (including phenoxy) is 4. The number of carbonyl (C=O) groups is 1. The Morgan fingerprint density at radius 3 is 2.67 bits per heavy atom. The molecule has 1 aromatic rings. The van der Waals surface area contributed by atoms with Crippen molar-refractivity contribution in [1.82, 2.24) is 5.32 Å². The number of benzene rings is 1. The summed E-state index contributed by atoms with van der Waals surface area (Å²) < 4.78 is 23.7. The molecule has 0 unspecified atom stereocenters. The number of hydrogen-bond acceptors (Lipinski definition) is 7.